The van der Waals surface area contributed by atoms with Gasteiger partial charge in [-0.15, -0.1) is 5.10 Å². The molecule has 3 rings (SSSR count). The number of nitro groups is 1. The average molecular weight is 265 g/mol. The van der Waals surface area contributed by atoms with E-state index in [1.54, 1.807) is 7.05 Å². The van der Waals surface area contributed by atoms with E-state index < -0.39 is 0 Å². The summed E-state index contributed by atoms with van der Waals surface area (Å²) in [4.78, 5) is 12.8. The van der Waals surface area contributed by atoms with Crippen LogP contribution in [-0.4, -0.2) is 33.8 Å². The molecule has 1 aliphatic carbocycles. The lowest BCUT2D eigenvalue weighted by Crippen LogP contribution is -2.32. The monoisotopic (exact) mass is 265 g/mol. The molecule has 104 valence electrons. The first-order valence-electron chi connectivity index (χ1n) is 6.73. The highest BCUT2D eigenvalue weighted by atomic mass is 16.6. The summed E-state index contributed by atoms with van der Waals surface area (Å²) in [6, 6.07) is 0.292. The highest BCUT2D eigenvalue weighted by molar-refractivity contribution is 5.57. The van der Waals surface area contributed by atoms with Gasteiger partial charge in [0.1, 0.15) is 6.20 Å². The fourth-order valence-corrected chi connectivity index (χ4v) is 3.46. The Morgan fingerprint density at radius 1 is 1.42 bits per heavy atom. The van der Waals surface area contributed by atoms with E-state index in [0.29, 0.717) is 23.7 Å². The molecule has 1 saturated heterocycles. The quantitative estimate of drug-likeness (QED) is 0.633. The topological polar surface area (TPSA) is 90.2 Å². The third-order valence-electron chi connectivity index (χ3n) is 4.38. The van der Waals surface area contributed by atoms with Crippen molar-refractivity contribution in [1.82, 2.24) is 9.78 Å². The van der Waals surface area contributed by atoms with E-state index in [4.69, 9.17) is 5.73 Å². The van der Waals surface area contributed by atoms with E-state index in [0.717, 1.165) is 32.4 Å². The minimum absolute atomic E-state index is 0.102. The minimum atomic E-state index is -0.351. The van der Waals surface area contributed by atoms with E-state index in [1.165, 1.54) is 10.9 Å². The van der Waals surface area contributed by atoms with Crippen molar-refractivity contribution in [3.63, 3.8) is 0 Å². The summed E-state index contributed by atoms with van der Waals surface area (Å²) in [5, 5.41) is 15.3. The number of nitrogens with two attached hydrogens (primary N) is 1. The zero-order chi connectivity index (χ0) is 13.6. The average Bonchev–Trinajstić information content (AvgIpc) is 2.91. The summed E-state index contributed by atoms with van der Waals surface area (Å²) in [6.45, 7) is 1.71. The summed E-state index contributed by atoms with van der Waals surface area (Å²) in [5.74, 6) is 1.68. The molecular formula is C12H19N5O2. The molecule has 2 fully saturated rings. The maximum Gasteiger partial charge on any atom is 0.330 e. The van der Waals surface area contributed by atoms with Crippen molar-refractivity contribution in [2.75, 3.05) is 18.0 Å². The van der Waals surface area contributed by atoms with Gasteiger partial charge in [0.15, 0.2) is 0 Å². The molecule has 1 saturated carbocycles. The number of nitrogens with zero attached hydrogens (tertiary/aromatic N) is 4. The van der Waals surface area contributed by atoms with Crippen molar-refractivity contribution >= 4 is 11.5 Å². The van der Waals surface area contributed by atoms with Gasteiger partial charge in [-0.1, -0.05) is 0 Å². The van der Waals surface area contributed by atoms with Gasteiger partial charge in [-0.25, -0.2) is 0 Å². The second-order valence-electron chi connectivity index (χ2n) is 5.77. The van der Waals surface area contributed by atoms with Gasteiger partial charge >= 0.3 is 5.69 Å². The van der Waals surface area contributed by atoms with Gasteiger partial charge in [-0.05, 0) is 31.1 Å². The normalized spacial score (nSPS) is 30.4. The Bertz CT molecular complexity index is 500. The van der Waals surface area contributed by atoms with Crippen LogP contribution in [0.25, 0.3) is 0 Å². The van der Waals surface area contributed by atoms with Crippen LogP contribution < -0.4 is 10.6 Å². The maximum absolute atomic E-state index is 11.1. The third kappa shape index (κ3) is 2.18. The third-order valence-corrected chi connectivity index (χ3v) is 4.38. The lowest BCUT2D eigenvalue weighted by atomic mass is 9.79. The summed E-state index contributed by atoms with van der Waals surface area (Å²) in [6.07, 6.45) is 4.70. The smallest absolute Gasteiger partial charge is 0.330 e. The Balaban J connectivity index is 1.83. The largest absolute Gasteiger partial charge is 0.349 e. The van der Waals surface area contributed by atoms with Gasteiger partial charge in [0.25, 0.3) is 0 Å². The molecule has 2 heterocycles. The maximum atomic E-state index is 11.1. The fourth-order valence-electron chi connectivity index (χ4n) is 3.46. The second kappa shape index (κ2) is 4.48. The van der Waals surface area contributed by atoms with Gasteiger partial charge in [0, 0.05) is 26.2 Å². The van der Waals surface area contributed by atoms with Gasteiger partial charge in [0.2, 0.25) is 5.82 Å². The van der Waals surface area contributed by atoms with Crippen LogP contribution in [0.5, 0.6) is 0 Å². The molecule has 1 aromatic rings. The van der Waals surface area contributed by atoms with Crippen LogP contribution in [0.15, 0.2) is 6.20 Å². The molecule has 7 heteroatoms. The molecule has 19 heavy (non-hydrogen) atoms. The van der Waals surface area contributed by atoms with E-state index in [2.05, 4.69) is 10.00 Å². The second-order valence-corrected chi connectivity index (χ2v) is 5.77. The van der Waals surface area contributed by atoms with E-state index in [9.17, 15) is 10.1 Å². The lowest BCUT2D eigenvalue weighted by Gasteiger charge is -2.27. The first-order valence-corrected chi connectivity index (χ1v) is 6.73. The Kier molecular flexibility index (Phi) is 2.93. The summed E-state index contributed by atoms with van der Waals surface area (Å²) >= 11 is 0. The highest BCUT2D eigenvalue weighted by Gasteiger charge is 2.39. The van der Waals surface area contributed by atoms with Gasteiger partial charge in [-0.2, -0.15) is 0 Å². The molecule has 0 aromatic carbocycles. The molecule has 2 aliphatic rings. The standard InChI is InChI=1S/C12H19N5O2/c1-15-7-11(17(18)19)12(14-15)16-5-8-2-3-10(13)4-9(8)6-16/h7-10H,2-6,13H2,1H3/t8-,9+,10?/m1/s1. The number of hydrogen-bond acceptors (Lipinski definition) is 5. The van der Waals surface area contributed by atoms with Crippen LogP contribution in [0.3, 0.4) is 0 Å². The molecule has 1 aromatic heterocycles. The molecule has 0 spiro atoms. The molecule has 7 nitrogen and oxygen atoms in total. The van der Waals surface area contributed by atoms with Crippen LogP contribution in [0.1, 0.15) is 19.3 Å². The molecule has 1 unspecified atom stereocenters. The summed E-state index contributed by atoms with van der Waals surface area (Å²) < 4.78 is 1.52. The predicted octanol–water partition coefficient (Wildman–Crippen LogP) is 0.892. The first kappa shape index (κ1) is 12.4. The molecule has 3 atom stereocenters. The summed E-state index contributed by atoms with van der Waals surface area (Å²) in [5.41, 5.74) is 6.11. The molecular weight excluding hydrogens is 246 g/mol. The minimum Gasteiger partial charge on any atom is -0.349 e. The van der Waals surface area contributed by atoms with Crippen LogP contribution in [0.4, 0.5) is 11.5 Å². The zero-order valence-corrected chi connectivity index (χ0v) is 11.0. The Labute approximate surface area is 111 Å². The van der Waals surface area contributed by atoms with E-state index in [-0.39, 0.29) is 10.6 Å². The van der Waals surface area contributed by atoms with Crippen LogP contribution in [0.2, 0.25) is 0 Å². The van der Waals surface area contributed by atoms with Crippen LogP contribution >= 0.6 is 0 Å². The molecule has 0 radical (unpaired) electrons. The SMILES string of the molecule is Cn1cc([N+](=O)[O-])c(N2C[C@H]3CCC(N)C[C@H]3C2)n1. The van der Waals surface area contributed by atoms with Gasteiger partial charge < -0.3 is 10.6 Å². The van der Waals surface area contributed by atoms with Gasteiger partial charge in [0.05, 0.1) is 4.92 Å². The number of aromatic nitrogens is 2. The van der Waals surface area contributed by atoms with E-state index >= 15 is 0 Å². The molecule has 2 N–H and O–H groups in total. The number of anilines is 1. The van der Waals surface area contributed by atoms with Crippen LogP contribution in [0, 0.1) is 22.0 Å². The van der Waals surface area contributed by atoms with Gasteiger partial charge in [-0.3, -0.25) is 14.8 Å². The van der Waals surface area contributed by atoms with Crippen molar-refractivity contribution in [3.8, 4) is 0 Å². The lowest BCUT2D eigenvalue weighted by molar-refractivity contribution is -0.384. The number of rotatable bonds is 2. The van der Waals surface area contributed by atoms with E-state index in [1.807, 2.05) is 0 Å². The molecule has 1 aliphatic heterocycles. The van der Waals surface area contributed by atoms with Crippen molar-refractivity contribution in [3.05, 3.63) is 16.3 Å². The van der Waals surface area contributed by atoms with Crippen LogP contribution in [-0.2, 0) is 7.05 Å². The van der Waals surface area contributed by atoms with Crippen molar-refractivity contribution in [2.24, 2.45) is 24.6 Å². The molecule has 0 amide bonds. The predicted molar refractivity (Wildman–Crippen MR) is 70.9 cm³/mol. The highest BCUT2D eigenvalue weighted by Crippen LogP contribution is 2.39. The number of hydrogen-bond donors (Lipinski definition) is 1. The Hall–Kier alpha value is -1.63. The number of fused-ring (bicyclic) bond motifs is 1. The Morgan fingerprint density at radius 3 is 2.89 bits per heavy atom. The van der Waals surface area contributed by atoms with Crippen molar-refractivity contribution in [1.29, 1.82) is 0 Å². The summed E-state index contributed by atoms with van der Waals surface area (Å²) in [7, 11) is 1.72. The van der Waals surface area contributed by atoms with Crippen molar-refractivity contribution < 1.29 is 4.92 Å². The Morgan fingerprint density at radius 2 is 2.16 bits per heavy atom. The van der Waals surface area contributed by atoms with Crippen molar-refractivity contribution in [2.45, 2.75) is 25.3 Å². The first-order chi connectivity index (χ1) is 9.04. The fraction of sp³-hybridized carbons (Fsp3) is 0.750. The zero-order valence-electron chi connectivity index (χ0n) is 11.0. The number of aryl methyl sites for hydroxylation is 1. The molecule has 0 bridgehead atoms.